The molecule has 6 nitrogen and oxygen atoms in total. The average molecular weight is 667 g/mol. The van der Waals surface area contributed by atoms with E-state index in [1.54, 1.807) is 24.3 Å². The van der Waals surface area contributed by atoms with Crippen LogP contribution < -0.4 is 4.90 Å². The van der Waals surface area contributed by atoms with Crippen LogP contribution in [0.4, 0.5) is 5.69 Å². The van der Waals surface area contributed by atoms with Crippen molar-refractivity contribution in [3.8, 4) is 51.2 Å². The zero-order valence-corrected chi connectivity index (χ0v) is 27.6. The molecule has 1 aliphatic heterocycles. The van der Waals surface area contributed by atoms with Crippen molar-refractivity contribution in [2.45, 2.75) is 0 Å². The molecular weight excluding hydrogens is 641 g/mol. The fourth-order valence-corrected chi connectivity index (χ4v) is 7.56. The van der Waals surface area contributed by atoms with Gasteiger partial charge in [-0.25, -0.2) is 4.90 Å². The first kappa shape index (κ1) is 30.5. The maximum absolute atomic E-state index is 15.1. The number of carbonyl (C=O) groups is 2. The highest BCUT2D eigenvalue weighted by atomic mass is 16.2. The Morgan fingerprint density at radius 2 is 1.00 bits per heavy atom. The monoisotopic (exact) mass is 666 g/mol. The van der Waals surface area contributed by atoms with Gasteiger partial charge in [-0.2, -0.15) is 10.5 Å². The summed E-state index contributed by atoms with van der Waals surface area (Å²) >= 11 is 0. The summed E-state index contributed by atoms with van der Waals surface area (Å²) < 4.78 is 2.04. The Bertz CT molecular complexity index is 2770. The number of para-hydroxylation sites is 3. The second kappa shape index (κ2) is 12.1. The standard InChI is InChI=1S/C46H26N4O2/c47-27-29-24-30(28-48)26-33(25-29)36-19-10-20-38-37-16-7-8-22-40(37)49(44(36)38)41-23-11-21-39-42(41)46(52)50(45(39)51)43-34(31-12-3-1-4-13-31)17-9-18-35(43)32-14-5-2-6-15-32/h1-26H. The number of benzene rings is 7. The topological polar surface area (TPSA) is 89.9 Å². The number of nitriles is 2. The molecule has 1 aromatic heterocycles. The third-order valence-corrected chi connectivity index (χ3v) is 9.76. The number of imide groups is 1. The van der Waals surface area contributed by atoms with E-state index in [0.717, 1.165) is 49.6 Å². The summed E-state index contributed by atoms with van der Waals surface area (Å²) in [6, 6.07) is 54.2. The number of hydrogen-bond acceptors (Lipinski definition) is 4. The zero-order valence-electron chi connectivity index (χ0n) is 27.6. The molecule has 9 rings (SSSR count). The van der Waals surface area contributed by atoms with Crippen molar-refractivity contribution in [1.82, 2.24) is 4.57 Å². The first-order valence-electron chi connectivity index (χ1n) is 16.8. The number of amides is 2. The molecule has 7 aromatic carbocycles. The molecule has 0 fully saturated rings. The van der Waals surface area contributed by atoms with E-state index in [-0.39, 0.29) is 0 Å². The molecule has 0 atom stereocenters. The fraction of sp³-hybridized carbons (Fsp3) is 0. The van der Waals surface area contributed by atoms with Crippen LogP contribution in [0, 0.1) is 22.7 Å². The zero-order chi connectivity index (χ0) is 35.3. The lowest BCUT2D eigenvalue weighted by Crippen LogP contribution is -2.30. The first-order chi connectivity index (χ1) is 25.6. The Morgan fingerprint density at radius 3 is 1.65 bits per heavy atom. The molecule has 2 heterocycles. The lowest BCUT2D eigenvalue weighted by Gasteiger charge is -2.23. The maximum Gasteiger partial charge on any atom is 0.268 e. The molecule has 0 radical (unpaired) electrons. The predicted molar refractivity (Wildman–Crippen MR) is 204 cm³/mol. The summed E-state index contributed by atoms with van der Waals surface area (Å²) in [7, 11) is 0. The van der Waals surface area contributed by atoms with Crippen LogP contribution in [0.5, 0.6) is 0 Å². The molecular formula is C46H26N4O2. The Kier molecular flexibility index (Phi) is 7.10. The van der Waals surface area contributed by atoms with E-state index in [1.165, 1.54) is 4.90 Å². The minimum atomic E-state index is -0.419. The number of fused-ring (bicyclic) bond motifs is 4. The number of carbonyl (C=O) groups excluding carboxylic acids is 2. The Morgan fingerprint density at radius 1 is 0.462 bits per heavy atom. The Hall–Kier alpha value is -7.54. The number of hydrogen-bond donors (Lipinski definition) is 0. The Balaban J connectivity index is 1.32. The maximum atomic E-state index is 15.1. The van der Waals surface area contributed by atoms with E-state index >= 15 is 4.79 Å². The van der Waals surface area contributed by atoms with Gasteiger partial charge < -0.3 is 4.57 Å². The number of rotatable bonds is 5. The largest absolute Gasteiger partial charge is 0.308 e. The van der Waals surface area contributed by atoms with Crippen molar-refractivity contribution in [3.05, 3.63) is 180 Å². The van der Waals surface area contributed by atoms with Gasteiger partial charge in [-0.05, 0) is 53.1 Å². The van der Waals surface area contributed by atoms with E-state index in [2.05, 4.69) is 12.1 Å². The second-order valence-electron chi connectivity index (χ2n) is 12.7. The van der Waals surface area contributed by atoms with Gasteiger partial charge >= 0.3 is 0 Å². The van der Waals surface area contributed by atoms with Crippen LogP contribution in [-0.2, 0) is 0 Å². The van der Waals surface area contributed by atoms with Crippen LogP contribution >= 0.6 is 0 Å². The van der Waals surface area contributed by atoms with E-state index in [0.29, 0.717) is 39.2 Å². The van der Waals surface area contributed by atoms with Gasteiger partial charge in [0.2, 0.25) is 0 Å². The number of aromatic nitrogens is 1. The summed E-state index contributed by atoms with van der Waals surface area (Å²) in [5, 5.41) is 21.5. The van der Waals surface area contributed by atoms with Crippen LogP contribution in [0.2, 0.25) is 0 Å². The average Bonchev–Trinajstić information content (AvgIpc) is 3.68. The van der Waals surface area contributed by atoms with Crippen LogP contribution in [0.25, 0.3) is 60.9 Å². The molecule has 8 aromatic rings. The van der Waals surface area contributed by atoms with Gasteiger partial charge in [-0.1, -0.05) is 121 Å². The molecule has 2 amide bonds. The second-order valence-corrected chi connectivity index (χ2v) is 12.7. The highest BCUT2D eigenvalue weighted by Gasteiger charge is 2.41. The molecule has 242 valence electrons. The molecule has 0 saturated carbocycles. The van der Waals surface area contributed by atoms with E-state index in [4.69, 9.17) is 0 Å². The lowest BCUT2D eigenvalue weighted by atomic mass is 9.95. The molecule has 0 bridgehead atoms. The van der Waals surface area contributed by atoms with Gasteiger partial charge in [0.1, 0.15) is 0 Å². The molecule has 0 spiro atoms. The summed E-state index contributed by atoms with van der Waals surface area (Å²) in [6.07, 6.45) is 0. The van der Waals surface area contributed by atoms with Gasteiger partial charge in [0.25, 0.3) is 11.8 Å². The SMILES string of the molecule is N#Cc1cc(C#N)cc(-c2cccc3c4ccccc4n(-c4cccc5c4C(=O)N(c4c(-c6ccccc6)cccc4-c4ccccc4)C5=O)c23)c1. The van der Waals surface area contributed by atoms with Crippen LogP contribution in [0.3, 0.4) is 0 Å². The van der Waals surface area contributed by atoms with E-state index in [1.807, 2.05) is 138 Å². The normalized spacial score (nSPS) is 12.2. The van der Waals surface area contributed by atoms with Crippen molar-refractivity contribution in [3.63, 3.8) is 0 Å². The predicted octanol–water partition coefficient (Wildman–Crippen LogP) is 10.3. The molecule has 1 aliphatic rings. The number of anilines is 1. The minimum absolute atomic E-state index is 0.301. The van der Waals surface area contributed by atoms with Crippen molar-refractivity contribution in [2.75, 3.05) is 4.90 Å². The molecule has 0 aliphatic carbocycles. The highest BCUT2D eigenvalue weighted by molar-refractivity contribution is 6.37. The minimum Gasteiger partial charge on any atom is -0.308 e. The van der Waals surface area contributed by atoms with Gasteiger partial charge in [0, 0.05) is 27.5 Å². The molecule has 0 N–H and O–H groups in total. The molecule has 0 saturated heterocycles. The summed E-state index contributed by atoms with van der Waals surface area (Å²) in [5.74, 6) is -0.818. The van der Waals surface area contributed by atoms with Crippen molar-refractivity contribution < 1.29 is 9.59 Å². The summed E-state index contributed by atoms with van der Waals surface area (Å²) in [5.41, 5.74) is 8.88. The van der Waals surface area contributed by atoms with Crippen LogP contribution in [-0.4, -0.2) is 16.4 Å². The van der Waals surface area contributed by atoms with Crippen LogP contribution in [0.1, 0.15) is 31.8 Å². The van der Waals surface area contributed by atoms with Gasteiger partial charge in [-0.15, -0.1) is 0 Å². The smallest absolute Gasteiger partial charge is 0.268 e. The highest BCUT2D eigenvalue weighted by Crippen LogP contribution is 2.45. The van der Waals surface area contributed by atoms with Gasteiger partial charge in [0.05, 0.1) is 56.8 Å². The fourth-order valence-electron chi connectivity index (χ4n) is 7.56. The quantitative estimate of drug-likeness (QED) is 0.171. The van der Waals surface area contributed by atoms with Crippen molar-refractivity contribution in [1.29, 1.82) is 10.5 Å². The van der Waals surface area contributed by atoms with Gasteiger partial charge in [0.15, 0.2) is 0 Å². The van der Waals surface area contributed by atoms with Crippen molar-refractivity contribution in [2.24, 2.45) is 0 Å². The first-order valence-corrected chi connectivity index (χ1v) is 16.8. The van der Waals surface area contributed by atoms with Crippen molar-refractivity contribution >= 4 is 39.3 Å². The van der Waals surface area contributed by atoms with E-state index in [9.17, 15) is 15.3 Å². The number of nitrogens with zero attached hydrogens (tertiary/aromatic N) is 4. The third kappa shape index (κ3) is 4.64. The molecule has 52 heavy (non-hydrogen) atoms. The molecule has 6 heteroatoms. The van der Waals surface area contributed by atoms with Gasteiger partial charge in [-0.3, -0.25) is 9.59 Å². The summed E-state index contributed by atoms with van der Waals surface area (Å²) in [6.45, 7) is 0. The Labute approximate surface area is 299 Å². The molecule has 0 unspecified atom stereocenters. The summed E-state index contributed by atoms with van der Waals surface area (Å²) in [4.78, 5) is 31.1. The lowest BCUT2D eigenvalue weighted by molar-refractivity contribution is 0.0926. The van der Waals surface area contributed by atoms with E-state index < -0.39 is 11.8 Å². The van der Waals surface area contributed by atoms with Crippen LogP contribution in [0.15, 0.2) is 158 Å². The third-order valence-electron chi connectivity index (χ3n) is 9.76.